The molecule has 0 saturated carbocycles. The Kier molecular flexibility index (Phi) is 6.03. The summed E-state index contributed by atoms with van der Waals surface area (Å²) in [5.41, 5.74) is 0.883. The summed E-state index contributed by atoms with van der Waals surface area (Å²) < 4.78 is 27.4. The van der Waals surface area contributed by atoms with Gasteiger partial charge in [-0.1, -0.05) is 17.4 Å². The number of aromatic nitrogens is 1. The van der Waals surface area contributed by atoms with E-state index in [1.807, 2.05) is 19.9 Å². The molecule has 7 heteroatoms. The van der Waals surface area contributed by atoms with Crippen LogP contribution in [0.2, 0.25) is 0 Å². The molecule has 0 radical (unpaired) electrons. The number of methoxy groups -OCH3 is 1. The molecule has 0 unspecified atom stereocenters. The number of fused-ring (bicyclic) bond motifs is 1. The lowest BCUT2D eigenvalue weighted by Crippen LogP contribution is -2.19. The number of nitrogens with zero attached hydrogens (tertiary/aromatic N) is 2. The van der Waals surface area contributed by atoms with Gasteiger partial charge < -0.3 is 14.0 Å². The largest absolute Gasteiger partial charge is 0.491 e. The molecule has 0 bridgehead atoms. The van der Waals surface area contributed by atoms with Crippen molar-refractivity contribution in [3.05, 3.63) is 58.6 Å². The predicted octanol–water partition coefficient (Wildman–Crippen LogP) is 4.02. The molecule has 0 aliphatic heterocycles. The molecule has 0 saturated heterocycles. The van der Waals surface area contributed by atoms with Gasteiger partial charge in [-0.05, 0) is 50.2 Å². The number of carbonyl (C=O) groups is 1. The molecule has 3 rings (SSSR count). The number of rotatable bonds is 6. The van der Waals surface area contributed by atoms with Crippen LogP contribution in [0.5, 0.6) is 5.75 Å². The third-order valence-corrected chi connectivity index (χ3v) is 4.88. The lowest BCUT2D eigenvalue weighted by molar-refractivity contribution is 0.0997. The molecule has 142 valence electrons. The fourth-order valence-corrected chi connectivity index (χ4v) is 3.73. The first-order valence-corrected chi connectivity index (χ1v) is 9.44. The molecule has 1 heterocycles. The summed E-state index contributed by atoms with van der Waals surface area (Å²) in [4.78, 5) is 17.3. The fourth-order valence-electron chi connectivity index (χ4n) is 2.66. The second-order valence-corrected chi connectivity index (χ2v) is 7.23. The van der Waals surface area contributed by atoms with Crippen molar-refractivity contribution in [3.63, 3.8) is 0 Å². The molecule has 1 amide bonds. The number of amides is 1. The van der Waals surface area contributed by atoms with Gasteiger partial charge in [0.05, 0.1) is 22.9 Å². The molecule has 0 N–H and O–H groups in total. The van der Waals surface area contributed by atoms with E-state index in [0.29, 0.717) is 34.8 Å². The van der Waals surface area contributed by atoms with Crippen molar-refractivity contribution >= 4 is 27.5 Å². The van der Waals surface area contributed by atoms with Crippen LogP contribution in [-0.4, -0.2) is 30.3 Å². The van der Waals surface area contributed by atoms with Crippen LogP contribution in [-0.2, 0) is 11.3 Å². The van der Waals surface area contributed by atoms with Crippen molar-refractivity contribution in [1.82, 2.24) is 4.57 Å². The van der Waals surface area contributed by atoms with Gasteiger partial charge in [0.2, 0.25) is 0 Å². The summed E-state index contributed by atoms with van der Waals surface area (Å²) >= 11 is 1.28. The number of hydrogen-bond donors (Lipinski definition) is 0. The smallest absolute Gasteiger partial charge is 0.279 e. The molecule has 5 nitrogen and oxygen atoms in total. The van der Waals surface area contributed by atoms with E-state index in [0.717, 1.165) is 4.70 Å². The molecule has 2 aromatic carbocycles. The molecule has 0 spiro atoms. The molecule has 0 aliphatic carbocycles. The quantitative estimate of drug-likeness (QED) is 0.641. The summed E-state index contributed by atoms with van der Waals surface area (Å²) in [6.07, 6.45) is 0.0597. The Bertz CT molecular complexity index is 1010. The van der Waals surface area contributed by atoms with Gasteiger partial charge in [-0.3, -0.25) is 4.79 Å². The molecule has 0 atom stereocenters. The van der Waals surface area contributed by atoms with Crippen LogP contribution in [0.4, 0.5) is 4.39 Å². The number of carbonyl (C=O) groups excluding carboxylic acids is 1. The summed E-state index contributed by atoms with van der Waals surface area (Å²) in [5, 5.41) is 0. The Balaban J connectivity index is 1.99. The number of hydrogen-bond acceptors (Lipinski definition) is 4. The van der Waals surface area contributed by atoms with Crippen LogP contribution in [0.25, 0.3) is 10.2 Å². The van der Waals surface area contributed by atoms with E-state index >= 15 is 0 Å². The van der Waals surface area contributed by atoms with Gasteiger partial charge in [-0.2, -0.15) is 4.99 Å². The van der Waals surface area contributed by atoms with E-state index in [9.17, 15) is 9.18 Å². The summed E-state index contributed by atoms with van der Waals surface area (Å²) in [5.74, 6) is -0.0335. The zero-order chi connectivity index (χ0) is 19.4. The molecular weight excluding hydrogens is 367 g/mol. The van der Waals surface area contributed by atoms with Crippen LogP contribution in [0.1, 0.15) is 24.2 Å². The number of benzene rings is 2. The Morgan fingerprint density at radius 1 is 1.22 bits per heavy atom. The van der Waals surface area contributed by atoms with Crippen molar-refractivity contribution in [2.45, 2.75) is 26.5 Å². The maximum absolute atomic E-state index is 14.3. The normalized spacial score (nSPS) is 12.1. The molecule has 3 aromatic rings. The fraction of sp³-hybridized carbons (Fsp3) is 0.300. The molecule has 0 aliphatic rings. The minimum atomic E-state index is -0.385. The SMILES string of the molecule is COCCn1c(=NC(=O)c2ccc(OC(C)C)cc2)sc2cccc(F)c21. The van der Waals surface area contributed by atoms with E-state index < -0.39 is 0 Å². The third kappa shape index (κ3) is 4.43. The second kappa shape index (κ2) is 8.45. The highest BCUT2D eigenvalue weighted by Crippen LogP contribution is 2.21. The monoisotopic (exact) mass is 388 g/mol. The van der Waals surface area contributed by atoms with Crippen LogP contribution < -0.4 is 9.54 Å². The Hall–Kier alpha value is -2.51. The van der Waals surface area contributed by atoms with E-state index in [1.165, 1.54) is 17.4 Å². The van der Waals surface area contributed by atoms with Crippen molar-refractivity contribution in [2.75, 3.05) is 13.7 Å². The van der Waals surface area contributed by atoms with Gasteiger partial charge in [0.1, 0.15) is 11.6 Å². The maximum atomic E-state index is 14.3. The standard InChI is InChI=1S/C20H21FN2O3S/c1-13(2)26-15-9-7-14(8-10-15)19(24)22-20-23(11-12-25-3)18-16(21)5-4-6-17(18)27-20/h4-10,13H,11-12H2,1-3H3. The summed E-state index contributed by atoms with van der Waals surface area (Å²) in [6.45, 7) is 4.68. The van der Waals surface area contributed by atoms with E-state index in [-0.39, 0.29) is 17.8 Å². The molecule has 0 fully saturated rings. The van der Waals surface area contributed by atoms with Gasteiger partial charge in [0.25, 0.3) is 5.91 Å². The topological polar surface area (TPSA) is 52.8 Å². The average Bonchev–Trinajstić information content (AvgIpc) is 2.98. The van der Waals surface area contributed by atoms with E-state index in [2.05, 4.69) is 4.99 Å². The van der Waals surface area contributed by atoms with E-state index in [4.69, 9.17) is 9.47 Å². The maximum Gasteiger partial charge on any atom is 0.279 e. The number of para-hydroxylation sites is 1. The van der Waals surface area contributed by atoms with Crippen LogP contribution in [0.15, 0.2) is 47.5 Å². The first-order valence-electron chi connectivity index (χ1n) is 8.62. The highest BCUT2D eigenvalue weighted by Gasteiger charge is 2.12. The van der Waals surface area contributed by atoms with Crippen molar-refractivity contribution in [1.29, 1.82) is 0 Å². The zero-order valence-corrected chi connectivity index (χ0v) is 16.3. The van der Waals surface area contributed by atoms with E-state index in [1.54, 1.807) is 42.0 Å². The molecule has 27 heavy (non-hydrogen) atoms. The number of thiazole rings is 1. The Morgan fingerprint density at radius 2 is 1.96 bits per heavy atom. The van der Waals surface area contributed by atoms with Crippen LogP contribution in [0.3, 0.4) is 0 Å². The minimum absolute atomic E-state index is 0.0597. The van der Waals surface area contributed by atoms with Gasteiger partial charge >= 0.3 is 0 Å². The van der Waals surface area contributed by atoms with Crippen molar-refractivity contribution in [3.8, 4) is 5.75 Å². The highest BCUT2D eigenvalue weighted by molar-refractivity contribution is 7.16. The van der Waals surface area contributed by atoms with Gasteiger partial charge in [0.15, 0.2) is 4.80 Å². The van der Waals surface area contributed by atoms with Gasteiger partial charge in [0, 0.05) is 19.2 Å². The number of halogens is 1. The third-order valence-electron chi connectivity index (χ3n) is 3.84. The van der Waals surface area contributed by atoms with Gasteiger partial charge in [-0.25, -0.2) is 4.39 Å². The zero-order valence-electron chi connectivity index (χ0n) is 15.4. The Morgan fingerprint density at radius 3 is 2.63 bits per heavy atom. The summed E-state index contributed by atoms with van der Waals surface area (Å²) in [7, 11) is 1.58. The first kappa shape index (κ1) is 19.3. The highest BCUT2D eigenvalue weighted by atomic mass is 32.1. The average molecular weight is 388 g/mol. The van der Waals surface area contributed by atoms with Crippen LogP contribution >= 0.6 is 11.3 Å². The van der Waals surface area contributed by atoms with Crippen molar-refractivity contribution < 1.29 is 18.7 Å². The minimum Gasteiger partial charge on any atom is -0.491 e. The lowest BCUT2D eigenvalue weighted by atomic mass is 10.2. The molecule has 1 aromatic heterocycles. The molecular formula is C20H21FN2O3S. The van der Waals surface area contributed by atoms with Crippen LogP contribution in [0, 0.1) is 5.82 Å². The van der Waals surface area contributed by atoms with Crippen molar-refractivity contribution in [2.24, 2.45) is 4.99 Å². The predicted molar refractivity (Wildman–Crippen MR) is 104 cm³/mol. The second-order valence-electron chi connectivity index (χ2n) is 6.22. The summed E-state index contributed by atoms with van der Waals surface area (Å²) in [6, 6.07) is 11.7. The van der Waals surface area contributed by atoms with Gasteiger partial charge in [-0.15, -0.1) is 0 Å². The Labute approximate surface area is 160 Å². The lowest BCUT2D eigenvalue weighted by Gasteiger charge is -2.09. The first-order chi connectivity index (χ1) is 13.0. The number of ether oxygens (including phenoxy) is 2.